The van der Waals surface area contributed by atoms with Gasteiger partial charge in [-0.3, -0.25) is 14.2 Å². The van der Waals surface area contributed by atoms with Gasteiger partial charge in [-0.15, -0.1) is 12.4 Å². The molecule has 8 nitrogen and oxygen atoms in total. The van der Waals surface area contributed by atoms with Gasteiger partial charge in [0.2, 0.25) is 5.91 Å². The fourth-order valence-electron chi connectivity index (χ4n) is 3.18. The topological polar surface area (TPSA) is 108 Å². The molecule has 1 heterocycles. The van der Waals surface area contributed by atoms with Crippen LogP contribution in [0.5, 0.6) is 11.5 Å². The van der Waals surface area contributed by atoms with E-state index in [0.717, 1.165) is 12.8 Å². The third kappa shape index (κ3) is 5.61. The van der Waals surface area contributed by atoms with Crippen LogP contribution in [0, 0.1) is 0 Å². The number of methoxy groups -OCH3 is 2. The van der Waals surface area contributed by atoms with Gasteiger partial charge < -0.3 is 20.5 Å². The monoisotopic (exact) mass is 426 g/mol. The lowest BCUT2D eigenvalue weighted by Crippen LogP contribution is -2.52. The minimum Gasteiger partial charge on any atom is -0.493 e. The summed E-state index contributed by atoms with van der Waals surface area (Å²) in [5.74, 6) is 0.942. The molecule has 0 radical (unpaired) electrons. The van der Waals surface area contributed by atoms with Crippen molar-refractivity contribution in [2.24, 2.45) is 5.73 Å². The van der Waals surface area contributed by atoms with E-state index in [1.807, 2.05) is 13.8 Å². The van der Waals surface area contributed by atoms with Crippen molar-refractivity contribution in [3.63, 3.8) is 0 Å². The Bertz CT molecular complexity index is 872. The van der Waals surface area contributed by atoms with E-state index < -0.39 is 0 Å². The molecule has 0 atom stereocenters. The number of halogens is 1. The highest BCUT2D eigenvalue weighted by Gasteiger charge is 2.25. The van der Waals surface area contributed by atoms with E-state index in [1.54, 1.807) is 12.1 Å². The second-order valence-electron chi connectivity index (χ2n) is 6.81. The summed E-state index contributed by atoms with van der Waals surface area (Å²) in [5, 5.41) is 3.49. The first-order valence-corrected chi connectivity index (χ1v) is 9.55. The first-order valence-electron chi connectivity index (χ1n) is 9.55. The molecule has 2 aromatic rings. The highest BCUT2D eigenvalue weighted by molar-refractivity contribution is 5.85. The van der Waals surface area contributed by atoms with Crippen LogP contribution in [0.25, 0.3) is 10.9 Å². The maximum atomic E-state index is 12.7. The molecular weight excluding hydrogens is 396 g/mol. The second-order valence-corrected chi connectivity index (χ2v) is 6.81. The van der Waals surface area contributed by atoms with Crippen LogP contribution in [0.2, 0.25) is 0 Å². The summed E-state index contributed by atoms with van der Waals surface area (Å²) < 4.78 is 12.0. The van der Waals surface area contributed by atoms with Gasteiger partial charge in [0.25, 0.3) is 5.56 Å². The molecule has 1 aromatic heterocycles. The standard InChI is InChI=1S/C20H30N4O4.ClH/c1-5-20(6-2,12-21)23-18(25)8-7-9-24-13-22-15-11-17(28-4)16(27-3)10-14(15)19(24)26;/h10-11,13H,5-9,12,21H2,1-4H3,(H,23,25);1H. The van der Waals surface area contributed by atoms with Crippen molar-refractivity contribution in [1.82, 2.24) is 14.9 Å². The number of nitrogens with two attached hydrogens (primary N) is 1. The minimum atomic E-state index is -0.353. The van der Waals surface area contributed by atoms with Gasteiger partial charge in [-0.2, -0.15) is 0 Å². The molecule has 0 aliphatic rings. The van der Waals surface area contributed by atoms with Gasteiger partial charge >= 0.3 is 0 Å². The van der Waals surface area contributed by atoms with E-state index in [-0.39, 0.29) is 29.4 Å². The van der Waals surface area contributed by atoms with Crippen LogP contribution in [0.3, 0.4) is 0 Å². The molecule has 2 rings (SSSR count). The number of amides is 1. The van der Waals surface area contributed by atoms with Crippen molar-refractivity contribution in [2.75, 3.05) is 20.8 Å². The number of nitrogens with zero attached hydrogens (tertiary/aromatic N) is 2. The Morgan fingerprint density at radius 1 is 1.21 bits per heavy atom. The Labute approximate surface area is 177 Å². The summed E-state index contributed by atoms with van der Waals surface area (Å²) in [6, 6.07) is 3.31. The van der Waals surface area contributed by atoms with Gasteiger partial charge in [0, 0.05) is 25.6 Å². The predicted molar refractivity (Wildman–Crippen MR) is 116 cm³/mol. The summed E-state index contributed by atoms with van der Waals surface area (Å²) >= 11 is 0. The third-order valence-corrected chi connectivity index (χ3v) is 5.28. The molecular formula is C20H31ClN4O4. The number of carbonyl (C=O) groups is 1. The summed E-state index contributed by atoms with van der Waals surface area (Å²) in [7, 11) is 3.05. The number of aromatic nitrogens is 2. The number of nitrogens with one attached hydrogen (secondary N) is 1. The SMILES string of the molecule is CCC(CC)(CN)NC(=O)CCCn1cnc2cc(OC)c(OC)cc2c1=O.Cl. The number of carbonyl (C=O) groups excluding carboxylic acids is 1. The summed E-state index contributed by atoms with van der Waals surface area (Å²) in [4.78, 5) is 29.4. The van der Waals surface area contributed by atoms with Gasteiger partial charge in [-0.05, 0) is 25.3 Å². The molecule has 0 aliphatic carbocycles. The van der Waals surface area contributed by atoms with E-state index in [2.05, 4.69) is 10.3 Å². The van der Waals surface area contributed by atoms with E-state index in [4.69, 9.17) is 15.2 Å². The molecule has 162 valence electrons. The first kappa shape index (κ1) is 24.7. The lowest BCUT2D eigenvalue weighted by molar-refractivity contribution is -0.123. The number of benzene rings is 1. The minimum absolute atomic E-state index is 0. The maximum absolute atomic E-state index is 12.7. The fraction of sp³-hybridized carbons (Fsp3) is 0.550. The van der Waals surface area contributed by atoms with E-state index >= 15 is 0 Å². The van der Waals surface area contributed by atoms with E-state index in [0.29, 0.717) is 48.3 Å². The van der Waals surface area contributed by atoms with Crippen LogP contribution in [0.1, 0.15) is 39.5 Å². The quantitative estimate of drug-likeness (QED) is 0.603. The van der Waals surface area contributed by atoms with Gasteiger partial charge in [0.1, 0.15) is 0 Å². The van der Waals surface area contributed by atoms with Crippen LogP contribution in [-0.4, -0.2) is 41.8 Å². The molecule has 0 saturated heterocycles. The zero-order valence-electron chi connectivity index (χ0n) is 17.5. The number of fused-ring (bicyclic) bond motifs is 1. The molecule has 9 heteroatoms. The van der Waals surface area contributed by atoms with Crippen molar-refractivity contribution in [3.8, 4) is 11.5 Å². The van der Waals surface area contributed by atoms with Crippen molar-refractivity contribution in [1.29, 1.82) is 0 Å². The molecule has 3 N–H and O–H groups in total. The normalized spacial score (nSPS) is 11.1. The average molecular weight is 427 g/mol. The van der Waals surface area contributed by atoms with Gasteiger partial charge in [-0.25, -0.2) is 4.98 Å². The Kier molecular flexibility index (Phi) is 9.39. The Morgan fingerprint density at radius 2 is 1.83 bits per heavy atom. The summed E-state index contributed by atoms with van der Waals surface area (Å²) in [6.45, 7) is 4.84. The average Bonchev–Trinajstić information content (AvgIpc) is 2.73. The summed E-state index contributed by atoms with van der Waals surface area (Å²) in [5.41, 5.74) is 5.83. The Morgan fingerprint density at radius 3 is 2.38 bits per heavy atom. The molecule has 0 aliphatic heterocycles. The molecule has 0 fully saturated rings. The van der Waals surface area contributed by atoms with Crippen LogP contribution < -0.4 is 26.1 Å². The maximum Gasteiger partial charge on any atom is 0.261 e. The number of ether oxygens (including phenoxy) is 2. The molecule has 1 aromatic carbocycles. The van der Waals surface area contributed by atoms with Gasteiger partial charge in [-0.1, -0.05) is 13.8 Å². The second kappa shape index (κ2) is 11.0. The third-order valence-electron chi connectivity index (χ3n) is 5.28. The Balaban J connectivity index is 0.00000420. The largest absolute Gasteiger partial charge is 0.493 e. The predicted octanol–water partition coefficient (Wildman–Crippen LogP) is 2.25. The lowest BCUT2D eigenvalue weighted by Gasteiger charge is -2.31. The van der Waals surface area contributed by atoms with Gasteiger partial charge in [0.15, 0.2) is 11.5 Å². The zero-order valence-corrected chi connectivity index (χ0v) is 18.3. The van der Waals surface area contributed by atoms with Crippen LogP contribution in [0.15, 0.2) is 23.3 Å². The number of hydrogen-bond donors (Lipinski definition) is 2. The van der Waals surface area contributed by atoms with E-state index in [1.165, 1.54) is 25.1 Å². The number of aryl methyl sites for hydroxylation is 1. The molecule has 0 bridgehead atoms. The number of hydrogen-bond acceptors (Lipinski definition) is 6. The zero-order chi connectivity index (χ0) is 20.7. The van der Waals surface area contributed by atoms with Crippen LogP contribution >= 0.6 is 12.4 Å². The highest BCUT2D eigenvalue weighted by Crippen LogP contribution is 2.29. The smallest absolute Gasteiger partial charge is 0.261 e. The first-order chi connectivity index (χ1) is 13.4. The van der Waals surface area contributed by atoms with Gasteiger partial charge in [0.05, 0.1) is 37.0 Å². The fourth-order valence-corrected chi connectivity index (χ4v) is 3.18. The van der Waals surface area contributed by atoms with Crippen LogP contribution in [0.4, 0.5) is 0 Å². The van der Waals surface area contributed by atoms with E-state index in [9.17, 15) is 9.59 Å². The van der Waals surface area contributed by atoms with Crippen molar-refractivity contribution >= 4 is 29.2 Å². The molecule has 0 saturated carbocycles. The van der Waals surface area contributed by atoms with Crippen molar-refractivity contribution < 1.29 is 14.3 Å². The number of rotatable bonds is 10. The van der Waals surface area contributed by atoms with Crippen LogP contribution in [-0.2, 0) is 11.3 Å². The summed E-state index contributed by atoms with van der Waals surface area (Å²) in [6.07, 6.45) is 3.91. The molecule has 0 spiro atoms. The molecule has 0 unspecified atom stereocenters. The lowest BCUT2D eigenvalue weighted by atomic mass is 9.92. The van der Waals surface area contributed by atoms with Crippen molar-refractivity contribution in [3.05, 3.63) is 28.8 Å². The molecule has 1 amide bonds. The Hall–Kier alpha value is -2.32. The van der Waals surface area contributed by atoms with Crippen molar-refractivity contribution in [2.45, 2.75) is 51.6 Å². The highest BCUT2D eigenvalue weighted by atomic mass is 35.5. The molecule has 29 heavy (non-hydrogen) atoms.